The van der Waals surface area contributed by atoms with Crippen LogP contribution in [0.2, 0.25) is 0 Å². The van der Waals surface area contributed by atoms with E-state index in [0.717, 1.165) is 21.9 Å². The van der Waals surface area contributed by atoms with Gasteiger partial charge < -0.3 is 0 Å². The fourth-order valence-electron chi connectivity index (χ4n) is 7.83. The molecule has 0 N–H and O–H groups in total. The van der Waals surface area contributed by atoms with E-state index in [9.17, 15) is 5.26 Å². The zero-order valence-corrected chi connectivity index (χ0v) is 15.8. The van der Waals surface area contributed by atoms with Crippen LogP contribution in [0, 0.1) is 22.2 Å². The molecular weight excluding hydrogens is 316 g/mol. The van der Waals surface area contributed by atoms with Gasteiger partial charge in [0.25, 0.3) is 0 Å². The molecule has 3 aliphatic carbocycles. The number of nitrogens with zero attached hydrogens (tertiary/aromatic N) is 2. The lowest BCUT2D eigenvalue weighted by Crippen LogP contribution is -2.51. The van der Waals surface area contributed by atoms with Gasteiger partial charge in [0.15, 0.2) is 0 Å². The Morgan fingerprint density at radius 3 is 2.38 bits per heavy atom. The largest absolute Gasteiger partial charge is 0.255 e. The molecule has 3 atom stereocenters. The number of hydrogen-bond donors (Lipinski definition) is 0. The van der Waals surface area contributed by atoms with Gasteiger partial charge in [0.2, 0.25) is 0 Å². The van der Waals surface area contributed by atoms with Gasteiger partial charge >= 0.3 is 0 Å². The number of pyridine rings is 1. The molecule has 3 aliphatic rings. The minimum Gasteiger partial charge on any atom is -0.255 e. The Morgan fingerprint density at radius 1 is 1.00 bits per heavy atom. The molecule has 0 radical (unpaired) electrons. The van der Waals surface area contributed by atoms with Crippen molar-refractivity contribution in [3.63, 3.8) is 0 Å². The molecule has 0 aliphatic heterocycles. The van der Waals surface area contributed by atoms with E-state index in [4.69, 9.17) is 4.98 Å². The predicted octanol–water partition coefficient (Wildman–Crippen LogP) is 5.61. The lowest BCUT2D eigenvalue weighted by molar-refractivity contribution is 0.0215. The SMILES string of the molecule is CC12CC3(C)c4c(cnc5c4cc(C#N)c4ccccc45)C(C)(C)C13C2. The Balaban J connectivity index is 1.81. The highest BCUT2D eigenvalue weighted by Gasteiger charge is 2.89. The molecule has 6 rings (SSSR count). The van der Waals surface area contributed by atoms with E-state index in [2.05, 4.69) is 52.1 Å². The predicted molar refractivity (Wildman–Crippen MR) is 104 cm³/mol. The van der Waals surface area contributed by atoms with E-state index in [1.165, 1.54) is 29.4 Å². The summed E-state index contributed by atoms with van der Waals surface area (Å²) in [4.78, 5) is 4.94. The van der Waals surface area contributed by atoms with Crippen molar-refractivity contribution in [3.8, 4) is 6.07 Å². The standard InChI is InChI=1S/C24H22N2/c1-21(2)18-11-26-20-16-8-6-5-7-15(16)14(10-25)9-17(20)19(18)23(4)12-22(3)13-24(21,22)23/h5-9,11H,12-13H2,1-4H3. The van der Waals surface area contributed by atoms with Crippen LogP contribution < -0.4 is 0 Å². The highest BCUT2D eigenvalue weighted by Crippen LogP contribution is 2.93. The van der Waals surface area contributed by atoms with Gasteiger partial charge in [-0.2, -0.15) is 5.26 Å². The summed E-state index contributed by atoms with van der Waals surface area (Å²) < 4.78 is 0. The van der Waals surface area contributed by atoms with E-state index >= 15 is 0 Å². The summed E-state index contributed by atoms with van der Waals surface area (Å²) >= 11 is 0. The van der Waals surface area contributed by atoms with E-state index in [0.29, 0.717) is 10.8 Å². The van der Waals surface area contributed by atoms with E-state index < -0.39 is 0 Å². The van der Waals surface area contributed by atoms with Crippen LogP contribution in [0.25, 0.3) is 21.7 Å². The first kappa shape index (κ1) is 14.7. The first-order valence-corrected chi connectivity index (χ1v) is 9.56. The molecule has 1 aromatic heterocycles. The van der Waals surface area contributed by atoms with Crippen molar-refractivity contribution in [1.82, 2.24) is 4.98 Å². The summed E-state index contributed by atoms with van der Waals surface area (Å²) in [7, 11) is 0. The lowest BCUT2D eigenvalue weighted by Gasteiger charge is -2.53. The monoisotopic (exact) mass is 338 g/mol. The van der Waals surface area contributed by atoms with Gasteiger partial charge in [-0.25, -0.2) is 0 Å². The molecule has 1 spiro atoms. The molecule has 128 valence electrons. The van der Waals surface area contributed by atoms with Gasteiger partial charge in [0, 0.05) is 27.8 Å². The van der Waals surface area contributed by atoms with Crippen molar-refractivity contribution >= 4 is 21.7 Å². The van der Waals surface area contributed by atoms with Gasteiger partial charge in [0.05, 0.1) is 17.1 Å². The quantitative estimate of drug-likeness (QED) is 0.500. The molecule has 2 fully saturated rings. The fraction of sp³-hybridized carbons (Fsp3) is 0.417. The third kappa shape index (κ3) is 1.17. The highest BCUT2D eigenvalue weighted by molar-refractivity contribution is 6.09. The van der Waals surface area contributed by atoms with Gasteiger partial charge in [-0.05, 0) is 46.3 Å². The van der Waals surface area contributed by atoms with Crippen molar-refractivity contribution in [3.05, 3.63) is 53.2 Å². The highest BCUT2D eigenvalue weighted by atomic mass is 14.9. The van der Waals surface area contributed by atoms with E-state index in [-0.39, 0.29) is 10.8 Å². The summed E-state index contributed by atoms with van der Waals surface area (Å²) in [5, 5.41) is 13.1. The van der Waals surface area contributed by atoms with Crippen LogP contribution >= 0.6 is 0 Å². The topological polar surface area (TPSA) is 36.7 Å². The number of rotatable bonds is 0. The second-order valence-electron chi connectivity index (χ2n) is 9.80. The minimum atomic E-state index is 0.143. The molecule has 2 saturated carbocycles. The Morgan fingerprint density at radius 2 is 1.73 bits per heavy atom. The van der Waals surface area contributed by atoms with Crippen molar-refractivity contribution in [1.29, 1.82) is 5.26 Å². The third-order valence-electron chi connectivity index (χ3n) is 8.54. The van der Waals surface area contributed by atoms with Crippen LogP contribution in [0.5, 0.6) is 0 Å². The molecule has 1 heterocycles. The summed E-state index contributed by atoms with van der Waals surface area (Å²) in [6, 6.07) is 12.7. The van der Waals surface area contributed by atoms with Crippen LogP contribution in [0.1, 0.15) is 57.2 Å². The van der Waals surface area contributed by atoms with Gasteiger partial charge in [-0.15, -0.1) is 0 Å². The second kappa shape index (κ2) is 3.81. The Bertz CT molecular complexity index is 1210. The molecule has 0 bridgehead atoms. The van der Waals surface area contributed by atoms with Gasteiger partial charge in [-0.1, -0.05) is 52.0 Å². The summed E-state index contributed by atoms with van der Waals surface area (Å²) in [5.74, 6) is 0. The van der Waals surface area contributed by atoms with Crippen molar-refractivity contribution in [2.75, 3.05) is 0 Å². The molecule has 2 nitrogen and oxygen atoms in total. The maximum Gasteiger partial charge on any atom is 0.0998 e. The van der Waals surface area contributed by atoms with E-state index in [1.807, 2.05) is 18.2 Å². The molecule has 0 amide bonds. The molecule has 3 unspecified atom stereocenters. The van der Waals surface area contributed by atoms with Crippen LogP contribution in [-0.4, -0.2) is 4.98 Å². The number of fused-ring (bicyclic) bond motifs is 6. The van der Waals surface area contributed by atoms with E-state index in [1.54, 1.807) is 0 Å². The molecular formula is C24H22N2. The zero-order valence-electron chi connectivity index (χ0n) is 15.8. The number of aromatic nitrogens is 1. The Labute approximate surface area is 153 Å². The molecule has 0 saturated heterocycles. The molecule has 2 aromatic carbocycles. The smallest absolute Gasteiger partial charge is 0.0998 e. The average molecular weight is 338 g/mol. The summed E-state index contributed by atoms with van der Waals surface area (Å²) in [6.45, 7) is 9.77. The molecule has 2 heteroatoms. The maximum absolute atomic E-state index is 9.77. The third-order valence-corrected chi connectivity index (χ3v) is 8.54. The van der Waals surface area contributed by atoms with Crippen LogP contribution in [0.3, 0.4) is 0 Å². The fourth-order valence-corrected chi connectivity index (χ4v) is 7.83. The normalized spacial score (nSPS) is 35.3. The second-order valence-corrected chi connectivity index (χ2v) is 9.80. The molecule has 3 aromatic rings. The first-order chi connectivity index (χ1) is 12.3. The first-order valence-electron chi connectivity index (χ1n) is 9.56. The summed E-state index contributed by atoms with van der Waals surface area (Å²) in [6.07, 6.45) is 4.72. The van der Waals surface area contributed by atoms with Gasteiger partial charge in [0.1, 0.15) is 0 Å². The van der Waals surface area contributed by atoms with Crippen molar-refractivity contribution in [2.24, 2.45) is 10.8 Å². The summed E-state index contributed by atoms with van der Waals surface area (Å²) in [5.41, 5.74) is 5.90. The van der Waals surface area contributed by atoms with Crippen molar-refractivity contribution in [2.45, 2.75) is 51.4 Å². The van der Waals surface area contributed by atoms with Crippen LogP contribution in [-0.2, 0) is 10.8 Å². The maximum atomic E-state index is 9.77. The average Bonchev–Trinajstić information content (AvgIpc) is 3.15. The van der Waals surface area contributed by atoms with Gasteiger partial charge in [-0.3, -0.25) is 4.98 Å². The minimum absolute atomic E-state index is 0.143. The Kier molecular flexibility index (Phi) is 2.16. The number of hydrogen-bond acceptors (Lipinski definition) is 2. The molecule has 26 heavy (non-hydrogen) atoms. The Hall–Kier alpha value is -2.40. The lowest BCUT2D eigenvalue weighted by atomic mass is 9.50. The van der Waals surface area contributed by atoms with Crippen LogP contribution in [0.15, 0.2) is 36.5 Å². The van der Waals surface area contributed by atoms with Crippen molar-refractivity contribution < 1.29 is 0 Å². The number of nitriles is 1. The van der Waals surface area contributed by atoms with Crippen LogP contribution in [0.4, 0.5) is 0 Å². The zero-order chi connectivity index (χ0) is 18.1. The number of benzene rings is 2.